The highest BCUT2D eigenvalue weighted by Gasteiger charge is 2.13. The van der Waals surface area contributed by atoms with E-state index in [-0.39, 0.29) is 12.4 Å². The number of hydrazone groups is 1. The zero-order chi connectivity index (χ0) is 26.7. The van der Waals surface area contributed by atoms with Crippen molar-refractivity contribution in [2.24, 2.45) is 5.10 Å². The highest BCUT2D eigenvalue weighted by molar-refractivity contribution is 6.30. The zero-order valence-electron chi connectivity index (χ0n) is 20.6. The number of hydrogen-bond acceptors (Lipinski definition) is 6. The van der Waals surface area contributed by atoms with Crippen LogP contribution >= 0.6 is 11.6 Å². The Morgan fingerprint density at radius 3 is 2.26 bits per heavy atom. The molecule has 38 heavy (non-hydrogen) atoms. The minimum atomic E-state index is -0.536. The average molecular weight is 529 g/mol. The summed E-state index contributed by atoms with van der Waals surface area (Å²) in [5.41, 5.74) is 5.59. The van der Waals surface area contributed by atoms with E-state index in [4.69, 9.17) is 25.8 Å². The highest BCUT2D eigenvalue weighted by atomic mass is 35.5. The molecule has 1 amide bonds. The smallest absolute Gasteiger partial charge is 0.343 e. The summed E-state index contributed by atoms with van der Waals surface area (Å²) < 4.78 is 16.7. The Labute approximate surface area is 225 Å². The van der Waals surface area contributed by atoms with Crippen LogP contribution in [0.5, 0.6) is 17.2 Å². The Morgan fingerprint density at radius 1 is 0.842 bits per heavy atom. The zero-order valence-corrected chi connectivity index (χ0v) is 21.4. The Morgan fingerprint density at radius 2 is 1.55 bits per heavy atom. The number of amides is 1. The lowest BCUT2D eigenvalue weighted by Gasteiger charge is -2.11. The molecular formula is C30H25ClN2O5. The van der Waals surface area contributed by atoms with Gasteiger partial charge in [0.1, 0.15) is 5.75 Å². The topological polar surface area (TPSA) is 86.2 Å². The number of ether oxygens (including phenoxy) is 3. The predicted octanol–water partition coefficient (Wildman–Crippen LogP) is 6.15. The third kappa shape index (κ3) is 7.44. The number of nitrogens with one attached hydrogen (secondary N) is 1. The fourth-order valence-electron chi connectivity index (χ4n) is 3.44. The second-order valence-electron chi connectivity index (χ2n) is 8.01. The molecule has 0 aromatic heterocycles. The van der Waals surface area contributed by atoms with Gasteiger partial charge in [0.25, 0.3) is 5.91 Å². The van der Waals surface area contributed by atoms with E-state index in [0.717, 1.165) is 11.1 Å². The SMILES string of the molecule is CCOc1cc(/C=N\NC(=O)COc2ccc(-c3ccccc3)cc2)ccc1OC(=O)c1ccc(Cl)cc1. The summed E-state index contributed by atoms with van der Waals surface area (Å²) in [6, 6.07) is 28.8. The lowest BCUT2D eigenvalue weighted by atomic mass is 10.1. The number of nitrogens with zero attached hydrogens (tertiary/aromatic N) is 1. The van der Waals surface area contributed by atoms with Gasteiger partial charge in [-0.2, -0.15) is 5.10 Å². The monoisotopic (exact) mass is 528 g/mol. The van der Waals surface area contributed by atoms with Crippen LogP contribution in [-0.4, -0.2) is 31.3 Å². The Kier molecular flexibility index (Phi) is 9.10. The molecule has 0 atom stereocenters. The molecule has 0 heterocycles. The van der Waals surface area contributed by atoms with E-state index < -0.39 is 11.9 Å². The average Bonchev–Trinajstić information content (AvgIpc) is 2.94. The first-order valence-electron chi connectivity index (χ1n) is 11.9. The van der Waals surface area contributed by atoms with Crippen molar-refractivity contribution in [1.82, 2.24) is 5.43 Å². The number of esters is 1. The number of benzene rings is 4. The van der Waals surface area contributed by atoms with Crippen LogP contribution in [0.4, 0.5) is 0 Å². The molecule has 0 aliphatic carbocycles. The fourth-order valence-corrected chi connectivity index (χ4v) is 3.56. The largest absolute Gasteiger partial charge is 0.490 e. The summed E-state index contributed by atoms with van der Waals surface area (Å²) in [5.74, 6) is 0.263. The van der Waals surface area contributed by atoms with Gasteiger partial charge < -0.3 is 14.2 Å². The van der Waals surface area contributed by atoms with E-state index in [1.54, 1.807) is 42.5 Å². The van der Waals surface area contributed by atoms with E-state index in [1.165, 1.54) is 6.21 Å². The maximum Gasteiger partial charge on any atom is 0.343 e. The van der Waals surface area contributed by atoms with Crippen LogP contribution in [-0.2, 0) is 4.79 Å². The quantitative estimate of drug-likeness (QED) is 0.115. The molecule has 4 rings (SSSR count). The molecule has 0 saturated heterocycles. The van der Waals surface area contributed by atoms with E-state index in [2.05, 4.69) is 10.5 Å². The van der Waals surface area contributed by atoms with E-state index in [9.17, 15) is 9.59 Å². The van der Waals surface area contributed by atoms with Crippen LogP contribution in [0.25, 0.3) is 11.1 Å². The first kappa shape index (κ1) is 26.4. The minimum Gasteiger partial charge on any atom is -0.490 e. The third-order valence-corrected chi connectivity index (χ3v) is 5.54. The molecule has 0 aliphatic rings. The number of rotatable bonds is 10. The molecule has 0 bridgehead atoms. The Hall–Kier alpha value is -4.62. The molecule has 4 aromatic carbocycles. The minimum absolute atomic E-state index is 0.189. The van der Waals surface area contributed by atoms with Gasteiger partial charge in [0.15, 0.2) is 18.1 Å². The Bertz CT molecular complexity index is 1410. The maximum atomic E-state index is 12.5. The molecular weight excluding hydrogens is 504 g/mol. The van der Waals surface area contributed by atoms with Gasteiger partial charge in [0, 0.05) is 5.02 Å². The molecule has 0 spiro atoms. The van der Waals surface area contributed by atoms with Crippen molar-refractivity contribution in [2.75, 3.05) is 13.2 Å². The summed E-state index contributed by atoms with van der Waals surface area (Å²) >= 11 is 5.87. The standard InChI is InChI=1S/C30H25ClN2O5/c1-2-36-28-18-21(8-17-27(28)38-30(35)24-9-13-25(31)14-10-24)19-32-33-29(34)20-37-26-15-11-23(12-16-26)22-6-4-3-5-7-22/h3-19H,2,20H2,1H3,(H,33,34)/b32-19-. The lowest BCUT2D eigenvalue weighted by molar-refractivity contribution is -0.123. The van der Waals surface area contributed by atoms with Crippen molar-refractivity contribution in [1.29, 1.82) is 0 Å². The molecule has 192 valence electrons. The van der Waals surface area contributed by atoms with Crippen LogP contribution in [0.1, 0.15) is 22.8 Å². The molecule has 8 heteroatoms. The molecule has 0 unspecified atom stereocenters. The Balaban J connectivity index is 1.30. The summed E-state index contributed by atoms with van der Waals surface area (Å²) in [6.07, 6.45) is 1.46. The van der Waals surface area contributed by atoms with E-state index in [1.807, 2.05) is 61.5 Å². The van der Waals surface area contributed by atoms with Crippen LogP contribution in [0, 0.1) is 0 Å². The van der Waals surface area contributed by atoms with Crippen molar-refractivity contribution in [3.05, 3.63) is 113 Å². The van der Waals surface area contributed by atoms with Crippen molar-refractivity contribution >= 4 is 29.7 Å². The van der Waals surface area contributed by atoms with E-state index >= 15 is 0 Å². The van der Waals surface area contributed by atoms with Gasteiger partial charge in [-0.15, -0.1) is 0 Å². The second kappa shape index (κ2) is 13.1. The normalized spacial score (nSPS) is 10.7. The first-order valence-corrected chi connectivity index (χ1v) is 12.2. The molecule has 0 saturated carbocycles. The van der Waals surface area contributed by atoms with Crippen molar-refractivity contribution in [2.45, 2.75) is 6.92 Å². The molecule has 0 radical (unpaired) electrons. The van der Waals surface area contributed by atoms with Gasteiger partial charge in [-0.1, -0.05) is 54.1 Å². The first-order chi connectivity index (χ1) is 18.5. The predicted molar refractivity (Wildman–Crippen MR) is 147 cm³/mol. The maximum absolute atomic E-state index is 12.5. The van der Waals surface area contributed by atoms with Gasteiger partial charge >= 0.3 is 5.97 Å². The van der Waals surface area contributed by atoms with Crippen molar-refractivity contribution < 1.29 is 23.8 Å². The third-order valence-electron chi connectivity index (χ3n) is 5.28. The van der Waals surface area contributed by atoms with Gasteiger partial charge in [-0.25, -0.2) is 10.2 Å². The van der Waals surface area contributed by atoms with E-state index in [0.29, 0.717) is 34.3 Å². The summed E-state index contributed by atoms with van der Waals surface area (Å²) in [6.45, 7) is 2.00. The fraction of sp³-hybridized carbons (Fsp3) is 0.100. The lowest BCUT2D eigenvalue weighted by Crippen LogP contribution is -2.24. The molecule has 0 aliphatic heterocycles. The van der Waals surface area contributed by atoms with Crippen LogP contribution < -0.4 is 19.6 Å². The highest BCUT2D eigenvalue weighted by Crippen LogP contribution is 2.29. The summed E-state index contributed by atoms with van der Waals surface area (Å²) in [7, 11) is 0. The van der Waals surface area contributed by atoms with Crippen LogP contribution in [0.15, 0.2) is 102 Å². The van der Waals surface area contributed by atoms with Gasteiger partial charge in [0.05, 0.1) is 18.4 Å². The van der Waals surface area contributed by atoms with Crippen molar-refractivity contribution in [3.8, 4) is 28.4 Å². The summed E-state index contributed by atoms with van der Waals surface area (Å²) in [4.78, 5) is 24.6. The number of hydrogen-bond donors (Lipinski definition) is 1. The summed E-state index contributed by atoms with van der Waals surface area (Å²) in [5, 5.41) is 4.50. The molecule has 7 nitrogen and oxygen atoms in total. The molecule has 1 N–H and O–H groups in total. The van der Waals surface area contributed by atoms with Crippen molar-refractivity contribution in [3.63, 3.8) is 0 Å². The van der Waals surface area contributed by atoms with Crippen LogP contribution in [0.2, 0.25) is 5.02 Å². The number of carbonyl (C=O) groups excluding carboxylic acids is 2. The molecule has 0 fully saturated rings. The van der Waals surface area contributed by atoms with Crippen LogP contribution in [0.3, 0.4) is 0 Å². The van der Waals surface area contributed by atoms with Gasteiger partial charge in [0.2, 0.25) is 0 Å². The number of carbonyl (C=O) groups is 2. The molecule has 4 aromatic rings. The van der Waals surface area contributed by atoms with Gasteiger partial charge in [-0.3, -0.25) is 4.79 Å². The van der Waals surface area contributed by atoms with Gasteiger partial charge in [-0.05, 0) is 78.2 Å². The second-order valence-corrected chi connectivity index (χ2v) is 8.44. The number of halogens is 1.